The number of amides is 2. The number of nitrogens with one attached hydrogen (secondary N) is 2. The third kappa shape index (κ3) is 2.97. The van der Waals surface area contributed by atoms with Crippen molar-refractivity contribution in [1.82, 2.24) is 15.5 Å². The van der Waals surface area contributed by atoms with Gasteiger partial charge in [-0.15, -0.1) is 0 Å². The third-order valence-corrected chi connectivity index (χ3v) is 3.63. The molecule has 1 aliphatic heterocycles. The minimum absolute atomic E-state index is 0.249. The van der Waals surface area contributed by atoms with Crippen LogP contribution in [-0.2, 0) is 9.59 Å². The van der Waals surface area contributed by atoms with Crippen LogP contribution in [0.5, 0.6) is 0 Å². The predicted octanol–water partition coefficient (Wildman–Crippen LogP) is -0.277. The number of carbonyl (C=O) groups excluding carboxylic acids is 2. The normalized spacial score (nSPS) is 21.2. The maximum atomic E-state index is 11.9. The number of piperazine rings is 1. The highest BCUT2D eigenvalue weighted by Crippen LogP contribution is 2.39. The molecular weight excluding hydrogens is 218 g/mol. The van der Waals surface area contributed by atoms with Crippen molar-refractivity contribution in [3.05, 3.63) is 0 Å². The monoisotopic (exact) mass is 239 g/mol. The number of rotatable bonds is 2. The molecule has 2 N–H and O–H groups in total. The quantitative estimate of drug-likeness (QED) is 0.652. The second kappa shape index (κ2) is 4.64. The lowest BCUT2D eigenvalue weighted by molar-refractivity contribution is -0.147. The van der Waals surface area contributed by atoms with Crippen molar-refractivity contribution in [2.75, 3.05) is 26.2 Å². The fourth-order valence-electron chi connectivity index (χ4n) is 2.26. The van der Waals surface area contributed by atoms with Gasteiger partial charge in [0.05, 0.1) is 0 Å². The largest absolute Gasteiger partial charge is 0.343 e. The summed E-state index contributed by atoms with van der Waals surface area (Å²) in [5.74, 6) is -0.314. The Bertz CT molecular complexity index is 318. The lowest BCUT2D eigenvalue weighted by Crippen LogP contribution is -2.55. The fourth-order valence-corrected chi connectivity index (χ4v) is 2.26. The van der Waals surface area contributed by atoms with Crippen LogP contribution in [0.4, 0.5) is 0 Å². The van der Waals surface area contributed by atoms with Crippen LogP contribution in [0.25, 0.3) is 0 Å². The summed E-state index contributed by atoms with van der Waals surface area (Å²) in [5, 5.41) is 6.02. The van der Waals surface area contributed by atoms with Gasteiger partial charge >= 0.3 is 11.8 Å². The topological polar surface area (TPSA) is 61.4 Å². The Morgan fingerprint density at radius 3 is 2.35 bits per heavy atom. The second-order valence-corrected chi connectivity index (χ2v) is 5.49. The van der Waals surface area contributed by atoms with Gasteiger partial charge in [-0.2, -0.15) is 0 Å². The van der Waals surface area contributed by atoms with Gasteiger partial charge in [0.15, 0.2) is 0 Å². The molecule has 5 nitrogen and oxygen atoms in total. The first-order valence-corrected chi connectivity index (χ1v) is 6.33. The Hall–Kier alpha value is -1.10. The van der Waals surface area contributed by atoms with Gasteiger partial charge in [-0.1, -0.05) is 0 Å². The second-order valence-electron chi connectivity index (χ2n) is 5.49. The summed E-state index contributed by atoms with van der Waals surface area (Å²) in [6.07, 6.45) is 2.30. The van der Waals surface area contributed by atoms with Gasteiger partial charge in [0.2, 0.25) is 0 Å². The summed E-state index contributed by atoms with van der Waals surface area (Å²) in [7, 11) is 0. The molecule has 17 heavy (non-hydrogen) atoms. The molecule has 0 bridgehead atoms. The first kappa shape index (κ1) is 12.4. The van der Waals surface area contributed by atoms with Crippen LogP contribution < -0.4 is 10.6 Å². The first-order chi connectivity index (χ1) is 8.00. The van der Waals surface area contributed by atoms with E-state index < -0.39 is 5.91 Å². The van der Waals surface area contributed by atoms with E-state index in [1.807, 2.05) is 13.8 Å². The van der Waals surface area contributed by atoms with E-state index in [4.69, 9.17) is 0 Å². The average Bonchev–Trinajstić information content (AvgIpc) is 3.12. The minimum atomic E-state index is -0.455. The Labute approximate surface area is 102 Å². The molecule has 0 atom stereocenters. The Kier molecular flexibility index (Phi) is 3.38. The van der Waals surface area contributed by atoms with Crippen molar-refractivity contribution < 1.29 is 9.59 Å². The van der Waals surface area contributed by atoms with Crippen LogP contribution in [0.2, 0.25) is 0 Å². The van der Waals surface area contributed by atoms with Crippen molar-refractivity contribution in [1.29, 1.82) is 0 Å². The minimum Gasteiger partial charge on any atom is -0.343 e. The van der Waals surface area contributed by atoms with E-state index in [2.05, 4.69) is 10.6 Å². The Morgan fingerprint density at radius 2 is 1.82 bits per heavy atom. The molecule has 1 saturated carbocycles. The van der Waals surface area contributed by atoms with Gasteiger partial charge in [-0.05, 0) is 32.6 Å². The first-order valence-electron chi connectivity index (χ1n) is 6.33. The molecule has 0 aromatic rings. The fraction of sp³-hybridized carbons (Fsp3) is 0.833. The Balaban J connectivity index is 1.88. The molecular formula is C12H21N3O2. The summed E-state index contributed by atoms with van der Waals surface area (Å²) in [6, 6.07) is 0. The summed E-state index contributed by atoms with van der Waals surface area (Å²) in [4.78, 5) is 25.4. The molecule has 2 fully saturated rings. The summed E-state index contributed by atoms with van der Waals surface area (Å²) in [5.41, 5.74) is -0.249. The molecule has 96 valence electrons. The molecule has 0 aromatic carbocycles. The Morgan fingerprint density at radius 1 is 1.24 bits per heavy atom. The van der Waals surface area contributed by atoms with Gasteiger partial charge in [0.25, 0.3) is 0 Å². The zero-order chi connectivity index (χ0) is 12.5. The van der Waals surface area contributed by atoms with Crippen LogP contribution in [0.3, 0.4) is 0 Å². The van der Waals surface area contributed by atoms with Gasteiger partial charge in [-0.3, -0.25) is 9.59 Å². The SMILES string of the molecule is CC(C)(NC(=O)C(=O)N1CCNCC1)C1CC1. The summed E-state index contributed by atoms with van der Waals surface area (Å²) in [6.45, 7) is 6.77. The van der Waals surface area contributed by atoms with Crippen LogP contribution in [-0.4, -0.2) is 48.4 Å². The van der Waals surface area contributed by atoms with Crippen molar-refractivity contribution in [3.8, 4) is 0 Å². The molecule has 5 heteroatoms. The number of carbonyl (C=O) groups is 2. The lowest BCUT2D eigenvalue weighted by Gasteiger charge is -2.30. The van der Waals surface area contributed by atoms with Crippen molar-refractivity contribution in [2.45, 2.75) is 32.2 Å². The molecule has 1 saturated heterocycles. The molecule has 1 aliphatic carbocycles. The van der Waals surface area contributed by atoms with E-state index in [1.54, 1.807) is 4.90 Å². The number of hydrogen-bond acceptors (Lipinski definition) is 3. The molecule has 0 radical (unpaired) electrons. The van der Waals surface area contributed by atoms with Crippen molar-refractivity contribution in [3.63, 3.8) is 0 Å². The molecule has 2 amide bonds. The number of nitrogens with zero attached hydrogens (tertiary/aromatic N) is 1. The third-order valence-electron chi connectivity index (χ3n) is 3.63. The predicted molar refractivity (Wildman–Crippen MR) is 64.4 cm³/mol. The maximum absolute atomic E-state index is 11.9. The zero-order valence-corrected chi connectivity index (χ0v) is 10.6. The van der Waals surface area contributed by atoms with E-state index in [0.29, 0.717) is 19.0 Å². The van der Waals surface area contributed by atoms with Gasteiger partial charge in [-0.25, -0.2) is 0 Å². The van der Waals surface area contributed by atoms with Crippen molar-refractivity contribution in [2.24, 2.45) is 5.92 Å². The standard InChI is InChI=1S/C12H21N3O2/c1-12(2,9-3-4-9)14-10(16)11(17)15-7-5-13-6-8-15/h9,13H,3-8H2,1-2H3,(H,14,16). The van der Waals surface area contributed by atoms with Crippen LogP contribution in [0.1, 0.15) is 26.7 Å². The molecule has 1 heterocycles. The van der Waals surface area contributed by atoms with E-state index in [9.17, 15) is 9.59 Å². The van der Waals surface area contributed by atoms with Gasteiger partial charge < -0.3 is 15.5 Å². The molecule has 2 aliphatic rings. The maximum Gasteiger partial charge on any atom is 0.311 e. The van der Waals surface area contributed by atoms with Gasteiger partial charge in [0.1, 0.15) is 0 Å². The van der Waals surface area contributed by atoms with E-state index >= 15 is 0 Å². The zero-order valence-electron chi connectivity index (χ0n) is 10.6. The smallest absolute Gasteiger partial charge is 0.311 e. The highest BCUT2D eigenvalue weighted by molar-refractivity contribution is 6.35. The molecule has 0 aromatic heterocycles. The van der Waals surface area contributed by atoms with E-state index in [1.165, 1.54) is 0 Å². The highest BCUT2D eigenvalue weighted by atomic mass is 16.2. The van der Waals surface area contributed by atoms with E-state index in [-0.39, 0.29) is 11.4 Å². The van der Waals surface area contributed by atoms with Crippen LogP contribution in [0, 0.1) is 5.92 Å². The lowest BCUT2D eigenvalue weighted by atomic mass is 9.99. The number of hydrogen-bond donors (Lipinski definition) is 2. The molecule has 2 rings (SSSR count). The molecule has 0 unspecified atom stereocenters. The van der Waals surface area contributed by atoms with Crippen molar-refractivity contribution >= 4 is 11.8 Å². The highest BCUT2D eigenvalue weighted by Gasteiger charge is 2.40. The molecule has 0 spiro atoms. The van der Waals surface area contributed by atoms with Crippen LogP contribution in [0.15, 0.2) is 0 Å². The van der Waals surface area contributed by atoms with E-state index in [0.717, 1.165) is 25.9 Å². The summed E-state index contributed by atoms with van der Waals surface area (Å²) >= 11 is 0. The summed E-state index contributed by atoms with van der Waals surface area (Å²) < 4.78 is 0. The average molecular weight is 239 g/mol. The van der Waals surface area contributed by atoms with Crippen LogP contribution >= 0.6 is 0 Å². The van der Waals surface area contributed by atoms with Gasteiger partial charge in [0, 0.05) is 31.7 Å².